The van der Waals surface area contributed by atoms with Gasteiger partial charge in [-0.1, -0.05) is 18.2 Å². The van der Waals surface area contributed by atoms with Gasteiger partial charge in [0.1, 0.15) is 11.8 Å². The zero-order valence-corrected chi connectivity index (χ0v) is 12.9. The molecule has 0 aliphatic rings. The van der Waals surface area contributed by atoms with Gasteiger partial charge in [-0.05, 0) is 41.8 Å². The van der Waals surface area contributed by atoms with Crippen LogP contribution in [-0.4, -0.2) is 33.9 Å². The number of hydrogen-bond donors (Lipinski definition) is 5. The van der Waals surface area contributed by atoms with Crippen LogP contribution in [0.1, 0.15) is 17.2 Å². The number of nitrogens with two attached hydrogens (primary N) is 2. The standard InChI is InChI=1S/C17H20N2O5/c18-9-15(22)11-3-6-14(21)16(8-11)24-17(23)13(19)7-10-1-4-12(20)5-2-10/h1-6,8,13,15,20-22H,7,9,18-19H2/t13-,15?/m0/s1. The summed E-state index contributed by atoms with van der Waals surface area (Å²) in [5.41, 5.74) is 12.4. The van der Waals surface area contributed by atoms with Gasteiger partial charge in [0.2, 0.25) is 0 Å². The maximum Gasteiger partial charge on any atom is 0.328 e. The van der Waals surface area contributed by atoms with Gasteiger partial charge < -0.3 is 31.5 Å². The number of aromatic hydroxyl groups is 2. The SMILES string of the molecule is NCC(O)c1ccc(O)c(OC(=O)[C@@H](N)Cc2ccc(O)cc2)c1. The van der Waals surface area contributed by atoms with Crippen LogP contribution in [0.2, 0.25) is 0 Å². The van der Waals surface area contributed by atoms with E-state index in [0.717, 1.165) is 5.56 Å². The van der Waals surface area contributed by atoms with E-state index in [-0.39, 0.29) is 30.2 Å². The van der Waals surface area contributed by atoms with Gasteiger partial charge in [0.05, 0.1) is 6.10 Å². The molecule has 7 heteroatoms. The lowest BCUT2D eigenvalue weighted by atomic mass is 10.1. The van der Waals surface area contributed by atoms with Crippen LogP contribution in [0.5, 0.6) is 17.2 Å². The van der Waals surface area contributed by atoms with Crippen molar-refractivity contribution >= 4 is 5.97 Å². The van der Waals surface area contributed by atoms with Gasteiger partial charge in [-0.15, -0.1) is 0 Å². The first-order chi connectivity index (χ1) is 11.4. The topological polar surface area (TPSA) is 139 Å². The van der Waals surface area contributed by atoms with E-state index < -0.39 is 18.1 Å². The lowest BCUT2D eigenvalue weighted by Crippen LogP contribution is -2.36. The average molecular weight is 332 g/mol. The highest BCUT2D eigenvalue weighted by Gasteiger charge is 2.19. The van der Waals surface area contributed by atoms with Gasteiger partial charge in [0, 0.05) is 6.54 Å². The number of aliphatic hydroxyl groups excluding tert-OH is 1. The highest BCUT2D eigenvalue weighted by molar-refractivity contribution is 5.79. The maximum absolute atomic E-state index is 12.1. The summed E-state index contributed by atoms with van der Waals surface area (Å²) in [6, 6.07) is 9.49. The highest BCUT2D eigenvalue weighted by atomic mass is 16.5. The molecule has 1 unspecified atom stereocenters. The highest BCUT2D eigenvalue weighted by Crippen LogP contribution is 2.29. The monoisotopic (exact) mass is 332 g/mol. The molecule has 0 radical (unpaired) electrons. The summed E-state index contributed by atoms with van der Waals surface area (Å²) in [7, 11) is 0. The summed E-state index contributed by atoms with van der Waals surface area (Å²) in [6.07, 6.45) is -0.709. The van der Waals surface area contributed by atoms with E-state index >= 15 is 0 Å². The quantitative estimate of drug-likeness (QED) is 0.385. The molecule has 7 nitrogen and oxygen atoms in total. The van der Waals surface area contributed by atoms with E-state index in [2.05, 4.69) is 0 Å². The smallest absolute Gasteiger partial charge is 0.328 e. The molecule has 0 fully saturated rings. The molecule has 0 aliphatic carbocycles. The van der Waals surface area contributed by atoms with Crippen LogP contribution in [0.25, 0.3) is 0 Å². The predicted molar refractivity (Wildman–Crippen MR) is 87.5 cm³/mol. The molecule has 0 bridgehead atoms. The summed E-state index contributed by atoms with van der Waals surface area (Å²) in [5.74, 6) is -0.938. The van der Waals surface area contributed by atoms with Crippen molar-refractivity contribution in [3.63, 3.8) is 0 Å². The third-order valence-electron chi connectivity index (χ3n) is 3.50. The van der Waals surface area contributed by atoms with Crippen molar-refractivity contribution in [3.8, 4) is 17.2 Å². The third-order valence-corrected chi connectivity index (χ3v) is 3.50. The maximum atomic E-state index is 12.1. The number of hydrogen-bond acceptors (Lipinski definition) is 7. The molecule has 0 saturated heterocycles. The molecular weight excluding hydrogens is 312 g/mol. The molecule has 2 aromatic rings. The van der Waals surface area contributed by atoms with Crippen molar-refractivity contribution in [2.75, 3.05) is 6.54 Å². The third kappa shape index (κ3) is 4.45. The number of benzene rings is 2. The Morgan fingerprint density at radius 3 is 2.42 bits per heavy atom. The lowest BCUT2D eigenvalue weighted by molar-refractivity contribution is -0.135. The number of phenolic OH excluding ortho intramolecular Hbond substituents is 2. The Bertz CT molecular complexity index is 703. The Kier molecular flexibility index (Phi) is 5.75. The Hall–Kier alpha value is -2.61. The molecular formula is C17H20N2O5. The zero-order chi connectivity index (χ0) is 17.7. The Morgan fingerprint density at radius 1 is 1.12 bits per heavy atom. The fourth-order valence-electron chi connectivity index (χ4n) is 2.11. The number of esters is 1. The molecule has 2 rings (SSSR count). The summed E-state index contributed by atoms with van der Waals surface area (Å²) < 4.78 is 5.12. The molecule has 7 N–H and O–H groups in total. The number of carbonyl (C=O) groups excluding carboxylic acids is 1. The second kappa shape index (κ2) is 7.78. The minimum absolute atomic E-state index is 0.00146. The fourth-order valence-corrected chi connectivity index (χ4v) is 2.11. The summed E-state index contributed by atoms with van der Waals surface area (Å²) in [5, 5.41) is 28.7. The van der Waals surface area contributed by atoms with Crippen LogP contribution in [0, 0.1) is 0 Å². The molecule has 24 heavy (non-hydrogen) atoms. The van der Waals surface area contributed by atoms with Crippen LogP contribution < -0.4 is 16.2 Å². The largest absolute Gasteiger partial charge is 0.508 e. The van der Waals surface area contributed by atoms with E-state index in [1.54, 1.807) is 12.1 Å². The fraction of sp³-hybridized carbons (Fsp3) is 0.235. The van der Waals surface area contributed by atoms with Gasteiger partial charge in [0.25, 0.3) is 0 Å². The number of carbonyl (C=O) groups is 1. The van der Waals surface area contributed by atoms with Crippen molar-refractivity contribution in [2.24, 2.45) is 11.5 Å². The van der Waals surface area contributed by atoms with Gasteiger partial charge in [0.15, 0.2) is 11.5 Å². The Labute approximate surface area is 139 Å². The number of rotatable bonds is 6. The van der Waals surface area contributed by atoms with Crippen LogP contribution in [0.4, 0.5) is 0 Å². The Balaban J connectivity index is 2.06. The first kappa shape index (κ1) is 17.7. The molecule has 2 aromatic carbocycles. The number of ether oxygens (including phenoxy) is 1. The Morgan fingerprint density at radius 2 is 1.79 bits per heavy atom. The van der Waals surface area contributed by atoms with E-state index in [9.17, 15) is 20.1 Å². The molecule has 0 aliphatic heterocycles. The van der Waals surface area contributed by atoms with Crippen molar-refractivity contribution in [1.82, 2.24) is 0 Å². The van der Waals surface area contributed by atoms with E-state index in [0.29, 0.717) is 5.56 Å². The second-order valence-corrected chi connectivity index (χ2v) is 5.38. The van der Waals surface area contributed by atoms with E-state index in [1.165, 1.54) is 30.3 Å². The minimum atomic E-state index is -0.947. The molecule has 2 atom stereocenters. The van der Waals surface area contributed by atoms with Crippen molar-refractivity contribution in [3.05, 3.63) is 53.6 Å². The van der Waals surface area contributed by atoms with Gasteiger partial charge in [-0.25, -0.2) is 4.79 Å². The van der Waals surface area contributed by atoms with Crippen LogP contribution in [-0.2, 0) is 11.2 Å². The first-order valence-electron chi connectivity index (χ1n) is 7.37. The van der Waals surface area contributed by atoms with Crippen molar-refractivity contribution < 1.29 is 24.9 Å². The van der Waals surface area contributed by atoms with Crippen LogP contribution in [0.3, 0.4) is 0 Å². The van der Waals surface area contributed by atoms with Gasteiger partial charge >= 0.3 is 5.97 Å². The van der Waals surface area contributed by atoms with E-state index in [4.69, 9.17) is 16.2 Å². The van der Waals surface area contributed by atoms with E-state index in [1.807, 2.05) is 0 Å². The van der Waals surface area contributed by atoms with Crippen molar-refractivity contribution in [1.29, 1.82) is 0 Å². The summed E-state index contributed by atoms with van der Waals surface area (Å²) in [6.45, 7) is -0.00146. The molecule has 0 aromatic heterocycles. The minimum Gasteiger partial charge on any atom is -0.508 e. The van der Waals surface area contributed by atoms with Crippen LogP contribution in [0.15, 0.2) is 42.5 Å². The summed E-state index contributed by atoms with van der Waals surface area (Å²) >= 11 is 0. The molecule has 0 heterocycles. The molecule has 0 saturated carbocycles. The first-order valence-corrected chi connectivity index (χ1v) is 7.37. The molecule has 0 amide bonds. The second-order valence-electron chi connectivity index (χ2n) is 5.38. The molecule has 0 spiro atoms. The van der Waals surface area contributed by atoms with Gasteiger partial charge in [-0.3, -0.25) is 0 Å². The zero-order valence-electron chi connectivity index (χ0n) is 12.9. The predicted octanol–water partition coefficient (Wildman–Crippen LogP) is 0.565. The summed E-state index contributed by atoms with van der Waals surface area (Å²) in [4.78, 5) is 12.1. The van der Waals surface area contributed by atoms with Crippen LogP contribution >= 0.6 is 0 Å². The number of aliphatic hydroxyl groups is 1. The lowest BCUT2D eigenvalue weighted by Gasteiger charge is -2.14. The van der Waals surface area contributed by atoms with Crippen molar-refractivity contribution in [2.45, 2.75) is 18.6 Å². The normalized spacial score (nSPS) is 13.3. The molecule has 128 valence electrons. The number of phenols is 2. The van der Waals surface area contributed by atoms with Gasteiger partial charge in [-0.2, -0.15) is 0 Å². The average Bonchev–Trinajstić information content (AvgIpc) is 2.58.